The first-order valence-corrected chi connectivity index (χ1v) is 6.00. The maximum atomic E-state index is 13.8. The summed E-state index contributed by atoms with van der Waals surface area (Å²) in [4.78, 5) is 2.29. The zero-order chi connectivity index (χ0) is 12.3. The molecule has 0 bridgehead atoms. The number of hydrogen-bond acceptors (Lipinski definition) is 3. The van der Waals surface area contributed by atoms with E-state index in [1.165, 1.54) is 6.07 Å². The van der Waals surface area contributed by atoms with Gasteiger partial charge in [0, 0.05) is 37.8 Å². The molecule has 0 radical (unpaired) electrons. The average Bonchev–Trinajstić information content (AvgIpc) is 2.39. The van der Waals surface area contributed by atoms with Crippen molar-refractivity contribution in [2.24, 2.45) is 0 Å². The number of halogens is 3. The van der Waals surface area contributed by atoms with Gasteiger partial charge in [-0.3, -0.25) is 4.90 Å². The molecule has 0 aromatic heterocycles. The second-order valence-electron chi connectivity index (χ2n) is 4.35. The Morgan fingerprint density at radius 3 is 2.47 bits per heavy atom. The lowest BCUT2D eigenvalue weighted by Gasteiger charge is -2.33. The highest BCUT2D eigenvalue weighted by Crippen LogP contribution is 2.26. The van der Waals surface area contributed by atoms with Gasteiger partial charge in [-0.25, -0.2) is 4.39 Å². The second-order valence-corrected chi connectivity index (χ2v) is 4.35. The lowest BCUT2D eigenvalue weighted by Crippen LogP contribution is -2.44. The number of nitrogens with zero attached hydrogens (tertiary/aromatic N) is 1. The van der Waals surface area contributed by atoms with Gasteiger partial charge in [-0.05, 0) is 25.1 Å². The predicted octanol–water partition coefficient (Wildman–Crippen LogP) is 2.64. The maximum Gasteiger partial charge on any atom is 0.128 e. The summed E-state index contributed by atoms with van der Waals surface area (Å²) >= 11 is 0. The van der Waals surface area contributed by atoms with Crippen molar-refractivity contribution in [3.05, 3.63) is 29.6 Å². The average molecular weight is 311 g/mol. The van der Waals surface area contributed by atoms with Gasteiger partial charge in [0.15, 0.2) is 0 Å². The molecular formula is C13H21Cl2FN2O. The summed E-state index contributed by atoms with van der Waals surface area (Å²) in [5.41, 5.74) is 0.714. The Bertz CT molecular complexity index is 387. The maximum absolute atomic E-state index is 13.8. The molecule has 1 saturated heterocycles. The third kappa shape index (κ3) is 4.49. The van der Waals surface area contributed by atoms with Crippen LogP contribution >= 0.6 is 24.8 Å². The topological polar surface area (TPSA) is 24.5 Å². The summed E-state index contributed by atoms with van der Waals surface area (Å²) in [5, 5.41) is 3.30. The molecule has 0 amide bonds. The normalized spacial score (nSPS) is 17.0. The quantitative estimate of drug-likeness (QED) is 0.929. The molecule has 0 aliphatic carbocycles. The first kappa shape index (κ1) is 18.4. The molecule has 0 unspecified atom stereocenters. The number of methoxy groups -OCH3 is 1. The van der Waals surface area contributed by atoms with Crippen LogP contribution < -0.4 is 10.1 Å². The van der Waals surface area contributed by atoms with Crippen LogP contribution in [0.1, 0.15) is 18.5 Å². The minimum absolute atomic E-state index is 0. The number of nitrogens with one attached hydrogen (secondary N) is 1. The first-order chi connectivity index (χ1) is 8.22. The molecule has 1 N–H and O–H groups in total. The van der Waals surface area contributed by atoms with E-state index in [4.69, 9.17) is 4.74 Å². The minimum Gasteiger partial charge on any atom is -0.497 e. The highest BCUT2D eigenvalue weighted by Gasteiger charge is 2.20. The molecule has 1 aliphatic heterocycles. The summed E-state index contributed by atoms with van der Waals surface area (Å²) in [6, 6.07) is 5.02. The molecule has 6 heteroatoms. The van der Waals surface area contributed by atoms with Crippen molar-refractivity contribution in [3.63, 3.8) is 0 Å². The zero-order valence-electron chi connectivity index (χ0n) is 11.2. The van der Waals surface area contributed by atoms with Gasteiger partial charge in [0.25, 0.3) is 0 Å². The minimum atomic E-state index is -0.156. The molecule has 2 rings (SSSR count). The van der Waals surface area contributed by atoms with Crippen molar-refractivity contribution in [1.29, 1.82) is 0 Å². The van der Waals surface area contributed by atoms with Crippen molar-refractivity contribution < 1.29 is 9.13 Å². The van der Waals surface area contributed by atoms with Gasteiger partial charge >= 0.3 is 0 Å². The molecule has 0 saturated carbocycles. The lowest BCUT2D eigenvalue weighted by molar-refractivity contribution is 0.182. The SMILES string of the molecule is COc1ccc(F)c([C@H](C)N2CCNCC2)c1.Cl.Cl. The smallest absolute Gasteiger partial charge is 0.128 e. The van der Waals surface area contributed by atoms with Crippen LogP contribution in [0, 0.1) is 5.82 Å². The van der Waals surface area contributed by atoms with Crippen LogP contribution in [0.5, 0.6) is 5.75 Å². The lowest BCUT2D eigenvalue weighted by atomic mass is 10.1. The van der Waals surface area contributed by atoms with Gasteiger partial charge in [0.05, 0.1) is 7.11 Å². The first-order valence-electron chi connectivity index (χ1n) is 6.00. The molecule has 1 fully saturated rings. The molecule has 1 aromatic rings. The van der Waals surface area contributed by atoms with E-state index in [1.807, 2.05) is 6.92 Å². The van der Waals surface area contributed by atoms with Crippen molar-refractivity contribution in [3.8, 4) is 5.75 Å². The van der Waals surface area contributed by atoms with Crippen LogP contribution in [0.4, 0.5) is 4.39 Å². The number of benzene rings is 1. The largest absolute Gasteiger partial charge is 0.497 e. The van der Waals surface area contributed by atoms with E-state index < -0.39 is 0 Å². The predicted molar refractivity (Wildman–Crippen MR) is 80.3 cm³/mol. The fourth-order valence-electron chi connectivity index (χ4n) is 2.24. The van der Waals surface area contributed by atoms with E-state index in [1.54, 1.807) is 19.2 Å². The highest BCUT2D eigenvalue weighted by atomic mass is 35.5. The van der Waals surface area contributed by atoms with Crippen LogP contribution in [0.15, 0.2) is 18.2 Å². The summed E-state index contributed by atoms with van der Waals surface area (Å²) < 4.78 is 19.0. The van der Waals surface area contributed by atoms with Gasteiger partial charge in [-0.1, -0.05) is 0 Å². The van der Waals surface area contributed by atoms with Gasteiger partial charge in [0.2, 0.25) is 0 Å². The Morgan fingerprint density at radius 1 is 1.26 bits per heavy atom. The zero-order valence-corrected chi connectivity index (χ0v) is 12.8. The van der Waals surface area contributed by atoms with Crippen LogP contribution in [-0.2, 0) is 0 Å². The van der Waals surface area contributed by atoms with Crippen molar-refractivity contribution in [1.82, 2.24) is 10.2 Å². The van der Waals surface area contributed by atoms with E-state index in [9.17, 15) is 4.39 Å². The van der Waals surface area contributed by atoms with E-state index >= 15 is 0 Å². The van der Waals surface area contributed by atoms with Crippen LogP contribution in [-0.4, -0.2) is 38.2 Å². The monoisotopic (exact) mass is 310 g/mol. The van der Waals surface area contributed by atoms with Crippen LogP contribution in [0.3, 0.4) is 0 Å². The van der Waals surface area contributed by atoms with E-state index in [0.29, 0.717) is 11.3 Å². The number of piperazine rings is 1. The van der Waals surface area contributed by atoms with Crippen molar-refractivity contribution in [2.75, 3.05) is 33.3 Å². The van der Waals surface area contributed by atoms with Crippen LogP contribution in [0.2, 0.25) is 0 Å². The van der Waals surface area contributed by atoms with Crippen molar-refractivity contribution in [2.45, 2.75) is 13.0 Å². The van der Waals surface area contributed by atoms with Gasteiger partial charge < -0.3 is 10.1 Å². The summed E-state index contributed by atoms with van der Waals surface area (Å²) in [5.74, 6) is 0.556. The van der Waals surface area contributed by atoms with Gasteiger partial charge in [-0.15, -0.1) is 24.8 Å². The molecular weight excluding hydrogens is 290 g/mol. The Hall–Kier alpha value is -0.550. The standard InChI is InChI=1S/C13H19FN2O.2ClH/c1-10(16-7-5-15-6-8-16)12-9-11(17-2)3-4-13(12)14;;/h3-4,9-10,15H,5-8H2,1-2H3;2*1H/t10-;;/m0../s1. The Morgan fingerprint density at radius 2 is 1.89 bits per heavy atom. The molecule has 1 atom stereocenters. The van der Waals surface area contributed by atoms with Gasteiger partial charge in [-0.2, -0.15) is 0 Å². The fraction of sp³-hybridized carbons (Fsp3) is 0.538. The van der Waals surface area contributed by atoms with E-state index in [-0.39, 0.29) is 36.7 Å². The van der Waals surface area contributed by atoms with E-state index in [2.05, 4.69) is 10.2 Å². The Balaban J connectivity index is 0.00000162. The molecule has 110 valence electrons. The molecule has 1 aliphatic rings. The fourth-order valence-corrected chi connectivity index (χ4v) is 2.24. The Kier molecular flexibility index (Phi) is 8.34. The summed E-state index contributed by atoms with van der Waals surface area (Å²) in [7, 11) is 1.60. The molecule has 0 spiro atoms. The van der Waals surface area contributed by atoms with E-state index in [0.717, 1.165) is 26.2 Å². The third-order valence-electron chi connectivity index (χ3n) is 3.35. The van der Waals surface area contributed by atoms with Gasteiger partial charge in [0.1, 0.15) is 11.6 Å². The Labute approximate surface area is 126 Å². The summed E-state index contributed by atoms with van der Waals surface area (Å²) in [6.45, 7) is 5.89. The molecule has 1 aromatic carbocycles. The number of rotatable bonds is 3. The van der Waals surface area contributed by atoms with Crippen LogP contribution in [0.25, 0.3) is 0 Å². The molecule has 3 nitrogen and oxygen atoms in total. The highest BCUT2D eigenvalue weighted by molar-refractivity contribution is 5.85. The summed E-state index contributed by atoms with van der Waals surface area (Å²) in [6.07, 6.45) is 0. The number of ether oxygens (including phenoxy) is 1. The second kappa shape index (κ2) is 8.59. The molecule has 19 heavy (non-hydrogen) atoms. The number of hydrogen-bond donors (Lipinski definition) is 1. The third-order valence-corrected chi connectivity index (χ3v) is 3.35. The molecule has 1 heterocycles. The van der Waals surface area contributed by atoms with Crippen molar-refractivity contribution >= 4 is 24.8 Å².